The van der Waals surface area contributed by atoms with Crippen LogP contribution in [-0.2, 0) is 23.9 Å². The van der Waals surface area contributed by atoms with Crippen LogP contribution in [0.3, 0.4) is 0 Å². The second-order valence-corrected chi connectivity index (χ2v) is 4.83. The van der Waals surface area contributed by atoms with Crippen molar-refractivity contribution in [2.24, 2.45) is 11.1 Å². The van der Waals surface area contributed by atoms with Crippen molar-refractivity contribution in [3.63, 3.8) is 0 Å². The number of esters is 2. The third kappa shape index (κ3) is 2.02. The number of benzene rings is 1. The first-order valence-electron chi connectivity index (χ1n) is 5.94. The van der Waals surface area contributed by atoms with Crippen LogP contribution in [0.15, 0.2) is 29.4 Å². The van der Waals surface area contributed by atoms with Gasteiger partial charge < -0.3 is 14.3 Å². The molecule has 0 aliphatic carbocycles. The maximum Gasteiger partial charge on any atom is 0.322 e. The van der Waals surface area contributed by atoms with Gasteiger partial charge in [-0.2, -0.15) is 0 Å². The molecule has 0 amide bonds. The fourth-order valence-electron chi connectivity index (χ4n) is 2.24. The van der Waals surface area contributed by atoms with Crippen molar-refractivity contribution >= 4 is 29.3 Å². The highest BCUT2D eigenvalue weighted by molar-refractivity contribution is 6.35. The summed E-state index contributed by atoms with van der Waals surface area (Å²) in [5.41, 5.74) is 0.988. The zero-order valence-electron chi connectivity index (χ0n) is 10.4. The average molecular weight is 296 g/mol. The molecule has 20 heavy (non-hydrogen) atoms. The Kier molecular flexibility index (Phi) is 3.10. The molecular formula is C13H10ClNO5. The summed E-state index contributed by atoms with van der Waals surface area (Å²) in [7, 11) is 0. The quantitative estimate of drug-likeness (QED) is 0.773. The summed E-state index contributed by atoms with van der Waals surface area (Å²) in [5, 5.41) is 4.36. The lowest BCUT2D eigenvalue weighted by Gasteiger charge is -2.13. The number of hydrogen-bond donors (Lipinski definition) is 0. The van der Waals surface area contributed by atoms with Crippen LogP contribution in [0.1, 0.15) is 12.5 Å². The number of rotatable bonds is 2. The van der Waals surface area contributed by atoms with Gasteiger partial charge in [0.25, 0.3) is 6.29 Å². The van der Waals surface area contributed by atoms with Gasteiger partial charge >= 0.3 is 11.9 Å². The molecule has 2 aliphatic rings. The first-order valence-corrected chi connectivity index (χ1v) is 6.32. The van der Waals surface area contributed by atoms with E-state index in [1.54, 1.807) is 24.3 Å². The Hall–Kier alpha value is -2.08. The van der Waals surface area contributed by atoms with Gasteiger partial charge in [0.05, 0.1) is 0 Å². The molecule has 6 nitrogen and oxygen atoms in total. The lowest BCUT2D eigenvalue weighted by molar-refractivity contribution is -0.188. The van der Waals surface area contributed by atoms with Crippen LogP contribution in [0.2, 0.25) is 5.02 Å². The Labute approximate surface area is 119 Å². The van der Waals surface area contributed by atoms with E-state index in [0.717, 1.165) is 0 Å². The number of cyclic esters (lactones) is 1. The zero-order chi connectivity index (χ0) is 14.3. The van der Waals surface area contributed by atoms with Gasteiger partial charge in [-0.1, -0.05) is 35.0 Å². The van der Waals surface area contributed by atoms with E-state index >= 15 is 0 Å². The molecular weight excluding hydrogens is 286 g/mol. The lowest BCUT2D eigenvalue weighted by Crippen LogP contribution is -2.31. The third-order valence-electron chi connectivity index (χ3n) is 3.08. The van der Waals surface area contributed by atoms with E-state index in [-0.39, 0.29) is 0 Å². The molecule has 0 radical (unpaired) electrons. The predicted molar refractivity (Wildman–Crippen MR) is 68.0 cm³/mol. The minimum absolute atomic E-state index is 0.389. The Morgan fingerprint density at radius 1 is 1.40 bits per heavy atom. The van der Waals surface area contributed by atoms with E-state index < -0.39 is 30.3 Å². The van der Waals surface area contributed by atoms with Crippen LogP contribution in [0.5, 0.6) is 0 Å². The Morgan fingerprint density at radius 3 is 2.85 bits per heavy atom. The molecule has 3 atom stereocenters. The zero-order valence-corrected chi connectivity index (χ0v) is 11.2. The molecule has 0 aromatic heterocycles. The Bertz CT molecular complexity index is 615. The fraction of sp³-hybridized carbons (Fsp3) is 0.308. The molecule has 3 unspecified atom stereocenters. The molecule has 0 saturated carbocycles. The van der Waals surface area contributed by atoms with E-state index in [1.165, 1.54) is 6.92 Å². The van der Waals surface area contributed by atoms with Crippen LogP contribution in [0.4, 0.5) is 0 Å². The van der Waals surface area contributed by atoms with Gasteiger partial charge in [-0.25, -0.2) is 0 Å². The number of fused-ring (bicyclic) bond motifs is 1. The van der Waals surface area contributed by atoms with Crippen molar-refractivity contribution in [3.05, 3.63) is 34.9 Å². The van der Waals surface area contributed by atoms with Gasteiger partial charge in [-0.3, -0.25) is 9.59 Å². The van der Waals surface area contributed by atoms with Crippen molar-refractivity contribution in [2.75, 3.05) is 0 Å². The van der Waals surface area contributed by atoms with Crippen molar-refractivity contribution in [1.82, 2.24) is 0 Å². The molecule has 104 valence electrons. The molecule has 2 heterocycles. The molecule has 3 rings (SSSR count). The number of nitrogens with zero attached hydrogens (tertiary/aromatic N) is 1. The van der Waals surface area contributed by atoms with Crippen molar-refractivity contribution in [3.8, 4) is 0 Å². The largest absolute Gasteiger partial charge is 0.421 e. The standard InChI is InChI=1S/C13H10ClNO5/c1-6(16)18-13-11-9(12(17)19-13)10(15-20-11)7-4-2-3-5-8(7)14/h2-5,9,11,13H,1H3. The van der Waals surface area contributed by atoms with Crippen molar-refractivity contribution in [1.29, 1.82) is 0 Å². The summed E-state index contributed by atoms with van der Waals surface area (Å²) in [5.74, 6) is -1.84. The molecule has 1 fully saturated rings. The molecule has 2 aliphatic heterocycles. The average Bonchev–Trinajstić information content (AvgIpc) is 2.93. The van der Waals surface area contributed by atoms with Crippen LogP contribution in [0, 0.1) is 5.92 Å². The number of hydrogen-bond acceptors (Lipinski definition) is 6. The van der Waals surface area contributed by atoms with Crippen molar-refractivity contribution in [2.45, 2.75) is 19.3 Å². The summed E-state index contributed by atoms with van der Waals surface area (Å²) in [4.78, 5) is 28.1. The second-order valence-electron chi connectivity index (χ2n) is 4.42. The van der Waals surface area contributed by atoms with E-state index in [4.69, 9.17) is 25.9 Å². The maximum atomic E-state index is 11.9. The molecule has 0 bridgehead atoms. The number of carbonyl (C=O) groups is 2. The van der Waals surface area contributed by atoms with Gasteiger partial charge in [0, 0.05) is 17.5 Å². The molecule has 7 heteroatoms. The van der Waals surface area contributed by atoms with E-state index in [1.807, 2.05) is 0 Å². The maximum absolute atomic E-state index is 11.9. The number of oxime groups is 1. The lowest BCUT2D eigenvalue weighted by atomic mass is 9.94. The SMILES string of the molecule is CC(=O)OC1OC(=O)C2C(c3ccccc3Cl)=NOC12. The molecule has 1 saturated heterocycles. The summed E-state index contributed by atoms with van der Waals surface area (Å²) in [6.07, 6.45) is -1.84. The summed E-state index contributed by atoms with van der Waals surface area (Å²) >= 11 is 6.09. The Balaban J connectivity index is 1.90. The number of carbonyl (C=O) groups excluding carboxylic acids is 2. The normalized spacial score (nSPS) is 27.4. The van der Waals surface area contributed by atoms with E-state index in [0.29, 0.717) is 16.3 Å². The fourth-order valence-corrected chi connectivity index (χ4v) is 2.47. The molecule has 0 spiro atoms. The van der Waals surface area contributed by atoms with Gasteiger partial charge in [-0.15, -0.1) is 0 Å². The van der Waals surface area contributed by atoms with Gasteiger partial charge in [0.15, 0.2) is 0 Å². The predicted octanol–water partition coefficient (Wildman–Crippen LogP) is 1.51. The number of ether oxygens (including phenoxy) is 2. The first kappa shape index (κ1) is 12.9. The highest BCUT2D eigenvalue weighted by Gasteiger charge is 2.55. The molecule has 0 N–H and O–H groups in total. The van der Waals surface area contributed by atoms with Gasteiger partial charge in [0.1, 0.15) is 11.6 Å². The molecule has 1 aromatic rings. The highest BCUT2D eigenvalue weighted by atomic mass is 35.5. The first-order chi connectivity index (χ1) is 9.58. The second kappa shape index (κ2) is 4.79. The summed E-state index contributed by atoms with van der Waals surface area (Å²) in [6.45, 7) is 1.23. The minimum Gasteiger partial charge on any atom is -0.421 e. The molecule has 1 aromatic carbocycles. The smallest absolute Gasteiger partial charge is 0.322 e. The number of halogens is 1. The highest BCUT2D eigenvalue weighted by Crippen LogP contribution is 2.35. The van der Waals surface area contributed by atoms with Crippen LogP contribution >= 0.6 is 11.6 Å². The monoisotopic (exact) mass is 295 g/mol. The van der Waals surface area contributed by atoms with Gasteiger partial charge in [-0.05, 0) is 6.07 Å². The van der Waals surface area contributed by atoms with Crippen LogP contribution in [0.25, 0.3) is 0 Å². The van der Waals surface area contributed by atoms with Crippen molar-refractivity contribution < 1.29 is 23.9 Å². The van der Waals surface area contributed by atoms with Gasteiger partial charge in [0.2, 0.25) is 6.10 Å². The third-order valence-corrected chi connectivity index (χ3v) is 3.41. The van der Waals surface area contributed by atoms with Crippen LogP contribution < -0.4 is 0 Å². The van der Waals surface area contributed by atoms with E-state index in [2.05, 4.69) is 5.16 Å². The summed E-state index contributed by atoms with van der Waals surface area (Å²) in [6, 6.07) is 6.98. The van der Waals surface area contributed by atoms with E-state index in [9.17, 15) is 9.59 Å². The Morgan fingerprint density at radius 2 is 2.15 bits per heavy atom. The van der Waals surface area contributed by atoms with Crippen LogP contribution in [-0.4, -0.2) is 30.0 Å². The minimum atomic E-state index is -1.08. The summed E-state index contributed by atoms with van der Waals surface area (Å²) < 4.78 is 9.90. The topological polar surface area (TPSA) is 74.2 Å².